The van der Waals surface area contributed by atoms with Crippen molar-refractivity contribution < 1.29 is 4.79 Å². The largest absolute Gasteiger partial charge is 0.276 e. The maximum atomic E-state index is 11.0. The molecule has 5 heteroatoms. The lowest BCUT2D eigenvalue weighted by Crippen LogP contribution is -2.15. The number of hydrogen-bond acceptors (Lipinski definition) is 3. The third kappa shape index (κ3) is 1.26. The molecule has 0 aliphatic carbocycles. The van der Waals surface area contributed by atoms with E-state index in [0.717, 1.165) is 0 Å². The zero-order valence-corrected chi connectivity index (χ0v) is 8.35. The van der Waals surface area contributed by atoms with Gasteiger partial charge in [-0.2, -0.15) is 0 Å². The number of thiocarbonyl (C=S) groups is 1. The van der Waals surface area contributed by atoms with E-state index in [9.17, 15) is 4.79 Å². The van der Waals surface area contributed by atoms with Gasteiger partial charge in [-0.3, -0.25) is 4.79 Å². The average Bonchev–Trinajstić information content (AvgIpc) is 2.17. The summed E-state index contributed by atoms with van der Waals surface area (Å²) >= 11 is 9.18. The fourth-order valence-electron chi connectivity index (χ4n) is 0.540. The van der Waals surface area contributed by atoms with E-state index in [4.69, 9.17) is 12.2 Å². The molecule has 10 heavy (non-hydrogen) atoms. The Labute approximate surface area is 77.0 Å². The Morgan fingerprint density at radius 2 is 2.40 bits per heavy atom. The van der Waals surface area contributed by atoms with Gasteiger partial charge >= 0.3 is 0 Å². The van der Waals surface area contributed by atoms with E-state index >= 15 is 0 Å². The van der Waals surface area contributed by atoms with E-state index in [1.54, 1.807) is 6.08 Å². The highest BCUT2D eigenvalue weighted by Crippen LogP contribution is 2.32. The molecule has 0 spiro atoms. The fraction of sp³-hybridized carbons (Fsp3) is 0.200. The average molecular weight is 238 g/mol. The molecule has 1 fully saturated rings. The van der Waals surface area contributed by atoms with Gasteiger partial charge in [-0.1, -0.05) is 30.1 Å². The van der Waals surface area contributed by atoms with Crippen LogP contribution in [-0.4, -0.2) is 14.2 Å². The molecule has 0 aromatic heterocycles. The summed E-state index contributed by atoms with van der Waals surface area (Å²) in [5.41, 5.74) is 0. The van der Waals surface area contributed by atoms with Gasteiger partial charge in [0.2, 0.25) is 0 Å². The van der Waals surface area contributed by atoms with Crippen LogP contribution in [0.2, 0.25) is 0 Å². The second kappa shape index (κ2) is 3.02. The Morgan fingerprint density at radius 1 is 1.80 bits per heavy atom. The number of hydrogen-bond donors (Lipinski definition) is 0. The first-order chi connectivity index (χ1) is 4.66. The van der Waals surface area contributed by atoms with Crippen LogP contribution in [0.3, 0.4) is 0 Å². The van der Waals surface area contributed by atoms with Gasteiger partial charge in [0.25, 0.3) is 5.91 Å². The van der Waals surface area contributed by atoms with Crippen molar-refractivity contribution in [3.8, 4) is 0 Å². The van der Waals surface area contributed by atoms with Crippen LogP contribution in [0.1, 0.15) is 6.92 Å². The van der Waals surface area contributed by atoms with Gasteiger partial charge in [0.05, 0.1) is 21.1 Å². The molecule has 1 amide bonds. The molecular formula is C5H4BrNOS2. The zero-order chi connectivity index (χ0) is 7.72. The SMILES string of the molecule is C/C=C1\SC(=S)N(Br)C1=O. The molecule has 0 unspecified atom stereocenters. The third-order valence-electron chi connectivity index (χ3n) is 1.01. The van der Waals surface area contributed by atoms with Crippen LogP contribution < -0.4 is 0 Å². The van der Waals surface area contributed by atoms with Crippen molar-refractivity contribution in [1.82, 2.24) is 3.93 Å². The predicted molar refractivity (Wildman–Crippen MR) is 49.7 cm³/mol. The summed E-state index contributed by atoms with van der Waals surface area (Å²) in [7, 11) is 0. The predicted octanol–water partition coefficient (Wildman–Crippen LogP) is 2.06. The van der Waals surface area contributed by atoms with Crippen molar-refractivity contribution in [2.45, 2.75) is 6.92 Å². The molecule has 0 radical (unpaired) electrons. The molecular weight excluding hydrogens is 234 g/mol. The summed E-state index contributed by atoms with van der Waals surface area (Å²) in [5.74, 6) is -0.0718. The van der Waals surface area contributed by atoms with Crippen LogP contribution in [0, 0.1) is 0 Å². The van der Waals surface area contributed by atoms with Gasteiger partial charge in [0, 0.05) is 0 Å². The van der Waals surface area contributed by atoms with Gasteiger partial charge in [-0.05, 0) is 6.92 Å². The summed E-state index contributed by atoms with van der Waals surface area (Å²) in [6.45, 7) is 1.81. The van der Waals surface area contributed by atoms with Gasteiger partial charge < -0.3 is 0 Å². The van der Waals surface area contributed by atoms with E-state index < -0.39 is 0 Å². The van der Waals surface area contributed by atoms with E-state index in [1.165, 1.54) is 15.7 Å². The van der Waals surface area contributed by atoms with Gasteiger partial charge in [0.15, 0.2) is 4.32 Å². The van der Waals surface area contributed by atoms with Crippen molar-refractivity contribution in [3.05, 3.63) is 11.0 Å². The van der Waals surface area contributed by atoms with Gasteiger partial charge in [-0.25, -0.2) is 3.93 Å². The second-order valence-corrected chi connectivity index (χ2v) is 3.99. The van der Waals surface area contributed by atoms with E-state index in [-0.39, 0.29) is 5.91 Å². The molecule has 1 rings (SSSR count). The molecule has 1 aliphatic heterocycles. The maximum absolute atomic E-state index is 11.0. The monoisotopic (exact) mass is 237 g/mol. The van der Waals surface area contributed by atoms with E-state index in [0.29, 0.717) is 9.23 Å². The van der Waals surface area contributed by atoms with Crippen LogP contribution in [-0.2, 0) is 4.79 Å². The van der Waals surface area contributed by atoms with Crippen molar-refractivity contribution in [2.75, 3.05) is 0 Å². The highest BCUT2D eigenvalue weighted by atomic mass is 79.9. The minimum Gasteiger partial charge on any atom is -0.267 e. The number of carbonyl (C=O) groups is 1. The van der Waals surface area contributed by atoms with E-state index in [1.807, 2.05) is 6.92 Å². The number of halogens is 1. The number of nitrogens with zero attached hydrogens (tertiary/aromatic N) is 1. The van der Waals surface area contributed by atoms with Crippen LogP contribution in [0.25, 0.3) is 0 Å². The third-order valence-corrected chi connectivity index (χ3v) is 3.58. The molecule has 0 atom stereocenters. The standard InChI is InChI=1S/C5H4BrNOS2/c1-2-3-4(8)7(6)5(9)10-3/h2H,1H3/b3-2-. The van der Waals surface area contributed by atoms with Crippen LogP contribution >= 0.6 is 40.1 Å². The molecule has 0 aromatic rings. The Bertz CT molecular complexity index is 226. The zero-order valence-electron chi connectivity index (χ0n) is 5.13. The first-order valence-electron chi connectivity index (χ1n) is 2.55. The topological polar surface area (TPSA) is 20.3 Å². The minimum absolute atomic E-state index is 0.0718. The number of amides is 1. The molecule has 54 valence electrons. The molecule has 1 aliphatic rings. The molecule has 0 bridgehead atoms. The fourth-order valence-corrected chi connectivity index (χ4v) is 2.07. The van der Waals surface area contributed by atoms with Gasteiger partial charge in [0.1, 0.15) is 0 Å². The Balaban J connectivity index is 2.92. The molecule has 0 saturated carbocycles. The summed E-state index contributed by atoms with van der Waals surface area (Å²) in [6.07, 6.45) is 1.75. The van der Waals surface area contributed by atoms with Crippen LogP contribution in [0.5, 0.6) is 0 Å². The number of carbonyl (C=O) groups excluding carboxylic acids is 1. The molecule has 1 saturated heterocycles. The first kappa shape index (κ1) is 8.23. The summed E-state index contributed by atoms with van der Waals surface area (Å²) in [4.78, 5) is 11.7. The lowest BCUT2D eigenvalue weighted by atomic mass is 10.5. The van der Waals surface area contributed by atoms with Crippen molar-refractivity contribution >= 4 is 50.4 Å². The summed E-state index contributed by atoms with van der Waals surface area (Å²) < 4.78 is 1.85. The smallest absolute Gasteiger partial charge is 0.267 e. The number of rotatable bonds is 0. The molecule has 1 heterocycles. The van der Waals surface area contributed by atoms with Crippen LogP contribution in [0.15, 0.2) is 11.0 Å². The first-order valence-corrected chi connectivity index (χ1v) is 4.48. The minimum atomic E-state index is -0.0718. The van der Waals surface area contributed by atoms with E-state index in [2.05, 4.69) is 16.1 Å². The van der Waals surface area contributed by atoms with Crippen LogP contribution in [0.4, 0.5) is 0 Å². The Kier molecular flexibility index (Phi) is 2.49. The Morgan fingerprint density at radius 3 is 2.60 bits per heavy atom. The highest BCUT2D eigenvalue weighted by Gasteiger charge is 2.29. The maximum Gasteiger partial charge on any atom is 0.276 e. The van der Waals surface area contributed by atoms with Gasteiger partial charge in [-0.15, -0.1) is 0 Å². The summed E-state index contributed by atoms with van der Waals surface area (Å²) in [6, 6.07) is 0. The van der Waals surface area contributed by atoms with Crippen molar-refractivity contribution in [3.63, 3.8) is 0 Å². The lowest BCUT2D eigenvalue weighted by molar-refractivity contribution is -0.118. The number of allylic oxidation sites excluding steroid dienone is 1. The Hall–Kier alpha value is 0.130. The molecule has 0 N–H and O–H groups in total. The summed E-state index contributed by atoms with van der Waals surface area (Å²) in [5, 5.41) is 0. The highest BCUT2D eigenvalue weighted by molar-refractivity contribution is 9.08. The normalized spacial score (nSPS) is 23.0. The molecule has 0 aromatic carbocycles. The van der Waals surface area contributed by atoms with Crippen molar-refractivity contribution in [2.24, 2.45) is 0 Å². The number of thioether (sulfide) groups is 1. The second-order valence-electron chi connectivity index (χ2n) is 1.61. The van der Waals surface area contributed by atoms with Crippen molar-refractivity contribution in [1.29, 1.82) is 0 Å². The lowest BCUT2D eigenvalue weighted by Gasteiger charge is -1.99. The molecule has 2 nitrogen and oxygen atoms in total. The quantitative estimate of drug-likeness (QED) is 0.366.